The predicted octanol–water partition coefficient (Wildman–Crippen LogP) is 5.33. The van der Waals surface area contributed by atoms with Crippen LogP contribution in [0, 0.1) is 11.3 Å². The number of carbonyl (C=O) groups is 4. The first-order valence-corrected chi connectivity index (χ1v) is 25.2. The Balaban J connectivity index is 1.14. The van der Waals surface area contributed by atoms with Crippen LogP contribution in [-0.4, -0.2) is 153 Å². The first-order valence-electron chi connectivity index (χ1n) is 23.2. The van der Waals surface area contributed by atoms with E-state index in [-0.39, 0.29) is 52.6 Å². The van der Waals surface area contributed by atoms with Crippen LogP contribution in [0.1, 0.15) is 76.8 Å². The van der Waals surface area contributed by atoms with E-state index in [0.29, 0.717) is 57.1 Å². The van der Waals surface area contributed by atoms with Crippen molar-refractivity contribution >= 4 is 55.7 Å². The van der Waals surface area contributed by atoms with E-state index in [1.54, 1.807) is 25.3 Å². The number of amides is 4. The quantitative estimate of drug-likeness (QED) is 0.173. The largest absolute Gasteiger partial charge is 0.465 e. The van der Waals surface area contributed by atoms with Gasteiger partial charge in [0.1, 0.15) is 17.7 Å². The molecule has 3 fully saturated rings. The molecule has 0 aliphatic carbocycles. The molecular weight excluding hydrogens is 875 g/mol. The minimum atomic E-state index is -1.01. The molecule has 0 unspecified atom stereocenters. The molecule has 1 aromatic carbocycles. The number of morpholine rings is 1. The number of hydrazine groups is 1. The molecular formula is C48H65N9O7SSi. The molecule has 3 saturated heterocycles. The number of aryl methyl sites for hydroxylation is 1. The van der Waals surface area contributed by atoms with Gasteiger partial charge in [0.15, 0.2) is 9.68 Å². The zero-order valence-corrected chi connectivity index (χ0v) is 41.6. The molecule has 1 spiro atoms. The summed E-state index contributed by atoms with van der Waals surface area (Å²) in [6.07, 6.45) is 3.39. The summed E-state index contributed by atoms with van der Waals surface area (Å²) in [5, 5.41) is 11.6. The van der Waals surface area contributed by atoms with Gasteiger partial charge in [0.2, 0.25) is 5.91 Å². The summed E-state index contributed by atoms with van der Waals surface area (Å²) in [6.45, 7) is 16.6. The summed E-state index contributed by atoms with van der Waals surface area (Å²) < 4.78 is 20.4. The van der Waals surface area contributed by atoms with Crippen LogP contribution in [0.25, 0.3) is 33.4 Å². The molecule has 16 nitrogen and oxygen atoms in total. The van der Waals surface area contributed by atoms with Crippen LogP contribution in [0.15, 0.2) is 41.9 Å². The maximum Gasteiger partial charge on any atom is 0.320 e. The lowest BCUT2D eigenvalue weighted by molar-refractivity contribution is -0.169. The molecule has 4 amide bonds. The van der Waals surface area contributed by atoms with E-state index in [9.17, 15) is 19.2 Å². The lowest BCUT2D eigenvalue weighted by atomic mass is 9.84. The molecule has 4 aliphatic heterocycles. The van der Waals surface area contributed by atoms with Crippen LogP contribution in [0.2, 0.25) is 5.54 Å². The second-order valence-corrected chi connectivity index (χ2v) is 21.8. The van der Waals surface area contributed by atoms with E-state index in [4.69, 9.17) is 24.2 Å². The number of benzene rings is 1. The third-order valence-corrected chi connectivity index (χ3v) is 15.6. The fourth-order valence-corrected chi connectivity index (χ4v) is 12.0. The number of methoxy groups -OCH3 is 1. The molecule has 18 heteroatoms. The lowest BCUT2D eigenvalue weighted by Crippen LogP contribution is -2.72. The van der Waals surface area contributed by atoms with Crippen molar-refractivity contribution in [2.24, 2.45) is 11.3 Å². The topological polar surface area (TPSA) is 164 Å². The molecule has 0 saturated carbocycles. The van der Waals surface area contributed by atoms with Crippen LogP contribution < -0.4 is 10.4 Å². The number of aromatic nitrogens is 3. The zero-order chi connectivity index (χ0) is 47.1. The average molecular weight is 940 g/mol. The molecule has 66 heavy (non-hydrogen) atoms. The maximum atomic E-state index is 14.7. The van der Waals surface area contributed by atoms with Crippen molar-refractivity contribution in [3.05, 3.63) is 58.2 Å². The van der Waals surface area contributed by atoms with Crippen molar-refractivity contribution in [3.63, 3.8) is 0 Å². The fraction of sp³-hybridized carbons (Fsp3) is 0.583. The number of cyclic esters (lactones) is 1. The van der Waals surface area contributed by atoms with Gasteiger partial charge in [-0.05, 0) is 75.9 Å². The van der Waals surface area contributed by atoms with Crippen LogP contribution in [0.3, 0.4) is 0 Å². The third-order valence-electron chi connectivity index (χ3n) is 13.5. The number of carbonyl (C=O) groups excluding carboxylic acids is 4. The minimum absolute atomic E-state index is 0.115. The van der Waals surface area contributed by atoms with E-state index >= 15 is 0 Å². The Morgan fingerprint density at radius 3 is 2.65 bits per heavy atom. The molecule has 8 rings (SSSR count). The molecule has 354 valence electrons. The van der Waals surface area contributed by atoms with Crippen molar-refractivity contribution < 1.29 is 33.4 Å². The molecule has 4 aromatic rings. The number of hydrogen-bond acceptors (Lipinski definition) is 12. The van der Waals surface area contributed by atoms with Gasteiger partial charge in [-0.1, -0.05) is 33.8 Å². The van der Waals surface area contributed by atoms with Gasteiger partial charge in [-0.25, -0.2) is 9.78 Å². The number of rotatable bonds is 8. The van der Waals surface area contributed by atoms with Gasteiger partial charge in [0, 0.05) is 85.8 Å². The smallest absolute Gasteiger partial charge is 0.320 e. The van der Waals surface area contributed by atoms with Crippen molar-refractivity contribution in [1.82, 2.24) is 44.7 Å². The van der Waals surface area contributed by atoms with E-state index in [2.05, 4.69) is 72.0 Å². The summed E-state index contributed by atoms with van der Waals surface area (Å²) in [6, 6.07) is 8.36. The van der Waals surface area contributed by atoms with Crippen LogP contribution in [0.4, 0.5) is 4.79 Å². The van der Waals surface area contributed by atoms with E-state index in [1.807, 2.05) is 32.2 Å². The van der Waals surface area contributed by atoms with Crippen molar-refractivity contribution in [2.45, 2.75) is 103 Å². The van der Waals surface area contributed by atoms with E-state index < -0.39 is 34.5 Å². The minimum Gasteiger partial charge on any atom is -0.465 e. The van der Waals surface area contributed by atoms with E-state index in [1.165, 1.54) is 21.2 Å². The highest BCUT2D eigenvalue weighted by Crippen LogP contribution is 2.42. The Labute approximate surface area is 394 Å². The number of nitrogens with zero attached hydrogens (tertiary/aromatic N) is 7. The van der Waals surface area contributed by atoms with Gasteiger partial charge in [-0.2, -0.15) is 0 Å². The summed E-state index contributed by atoms with van der Waals surface area (Å²) in [4.78, 5) is 72.3. The number of nitrogens with one attached hydrogen (secondary N) is 2. The van der Waals surface area contributed by atoms with E-state index in [0.717, 1.165) is 57.8 Å². The molecule has 2 radical (unpaired) electrons. The summed E-state index contributed by atoms with van der Waals surface area (Å²) >= 11 is 1.44. The summed E-state index contributed by atoms with van der Waals surface area (Å²) in [5.41, 5.74) is 5.44. The Morgan fingerprint density at radius 2 is 1.92 bits per heavy atom. The lowest BCUT2D eigenvalue weighted by Gasteiger charge is -2.54. The Morgan fingerprint density at radius 1 is 1.14 bits per heavy atom. The number of pyridine rings is 1. The summed E-state index contributed by atoms with van der Waals surface area (Å²) in [5.74, 6) is -1.32. The van der Waals surface area contributed by atoms with Crippen molar-refractivity contribution in [2.75, 3.05) is 67.1 Å². The van der Waals surface area contributed by atoms with Gasteiger partial charge in [0.05, 0.1) is 60.0 Å². The third kappa shape index (κ3) is 9.67. The Hall–Kier alpha value is -4.72. The van der Waals surface area contributed by atoms with Gasteiger partial charge in [-0.15, -0.1) is 11.3 Å². The Bertz CT molecular complexity index is 2450. The first kappa shape index (κ1) is 47.8. The molecule has 4 aliphatic rings. The highest BCUT2D eigenvalue weighted by atomic mass is 32.1. The van der Waals surface area contributed by atoms with Crippen LogP contribution in [0.5, 0.6) is 0 Å². The Kier molecular flexibility index (Phi) is 14.1. The van der Waals surface area contributed by atoms with Crippen LogP contribution >= 0.6 is 11.3 Å². The second kappa shape index (κ2) is 19.5. The highest BCUT2D eigenvalue weighted by Gasteiger charge is 2.50. The standard InChI is InChI=1S/C48H65N9O7SSi/c1-10-56-37-16-15-31-21-33(37)34(42(56)32-13-11-17-49-40(32)30(4)62-9)23-47(5,6)28-63-45(60)38-14-12-18-57(52-66-38)44(59)35(22-39-50-36(31)24-65-39)51-43(58)41(29(2)3)54(8)46(61)55-26-48(27-55)25-53(7)19-20-64-48/h11,13,15-17,21,24,29-30,35,38,41,52H,10,12,14,18-20,22-23,25-28H2,1-9H3,(H,51,58)/t30-,35-,38-,41-/m0/s1. The predicted molar refractivity (Wildman–Crippen MR) is 255 cm³/mol. The monoisotopic (exact) mass is 939 g/mol. The highest BCUT2D eigenvalue weighted by molar-refractivity contribution is 7.10. The molecule has 4 atom stereocenters. The average Bonchev–Trinajstić information content (AvgIpc) is 3.77. The van der Waals surface area contributed by atoms with Gasteiger partial charge < -0.3 is 38.8 Å². The molecule has 3 aromatic heterocycles. The number of likely N-dealkylation sites (N-methyl/N-ethyl adjacent to an activating group) is 2. The van der Waals surface area contributed by atoms with Crippen LogP contribution in [-0.2, 0) is 48.0 Å². The number of thiazole rings is 1. The first-order chi connectivity index (χ1) is 31.5. The number of hydrogen-bond donors (Lipinski definition) is 2. The second-order valence-electron chi connectivity index (χ2n) is 19.6. The number of likely N-dealkylation sites (tertiary alicyclic amines) is 1. The van der Waals surface area contributed by atoms with Crippen molar-refractivity contribution in [1.29, 1.82) is 0 Å². The summed E-state index contributed by atoms with van der Waals surface area (Å²) in [7, 11) is 5.28. The number of fused-ring (bicyclic) bond motifs is 7. The normalized spacial score (nSPS) is 22.3. The molecule has 6 bridgehead atoms. The van der Waals surface area contributed by atoms with Gasteiger partial charge >= 0.3 is 12.0 Å². The number of urea groups is 1. The maximum absolute atomic E-state index is 14.7. The number of ether oxygens (including phenoxy) is 3. The SMILES string of the molecule is CCn1c(-c2cccnc2[C@H](C)OC)c2c3cc(ccc31)-c1csc(n1)C[C@H](NC(=O)[C@H](C(C)C)N(C)C(=O)N1CC3(CN(C)CCO3)C1)C(=O)N1CCC[C@H]([Si]N1)C(=O)OCC(C)(C)C2. The number of esters is 1. The molecule has 2 N–H and O–H groups in total. The van der Waals surface area contributed by atoms with Gasteiger partial charge in [-0.3, -0.25) is 29.5 Å². The van der Waals surface area contributed by atoms with Gasteiger partial charge in [0.25, 0.3) is 5.91 Å². The van der Waals surface area contributed by atoms with Crippen molar-refractivity contribution in [3.8, 4) is 22.5 Å². The fourth-order valence-electron chi connectivity index (χ4n) is 10.1. The zero-order valence-electron chi connectivity index (χ0n) is 39.8. The molecule has 7 heterocycles.